The molecule has 0 unspecified atom stereocenters. The van der Waals surface area contributed by atoms with Gasteiger partial charge in [0.25, 0.3) is 0 Å². The molecule has 1 rings (SSSR count). The van der Waals surface area contributed by atoms with Gasteiger partial charge in [-0.1, -0.05) is 6.07 Å². The molecule has 0 aliphatic heterocycles. The lowest BCUT2D eigenvalue weighted by Crippen LogP contribution is -2.29. The minimum absolute atomic E-state index is 0.110. The summed E-state index contributed by atoms with van der Waals surface area (Å²) in [6.45, 7) is 6.99. The fraction of sp³-hybridized carbons (Fsp3) is 0.533. The summed E-state index contributed by atoms with van der Waals surface area (Å²) in [7, 11) is 2.11. The van der Waals surface area contributed by atoms with Crippen LogP contribution in [0.4, 0.5) is 4.39 Å². The number of benzene rings is 1. The van der Waals surface area contributed by atoms with Crippen LogP contribution in [0, 0.1) is 17.1 Å². The molecule has 1 aromatic carbocycles. The lowest BCUT2D eigenvalue weighted by atomic mass is 10.1. The summed E-state index contributed by atoms with van der Waals surface area (Å²) < 4.78 is 13.1. The summed E-state index contributed by atoms with van der Waals surface area (Å²) in [5, 5.41) is 12.1. The first-order valence-corrected chi connectivity index (χ1v) is 6.64. The van der Waals surface area contributed by atoms with E-state index in [1.807, 2.05) is 6.07 Å². The van der Waals surface area contributed by atoms with Gasteiger partial charge in [-0.05, 0) is 58.1 Å². The molecule has 0 aromatic heterocycles. The number of hydrogen-bond donors (Lipinski definition) is 1. The Morgan fingerprint density at radius 3 is 2.79 bits per heavy atom. The van der Waals surface area contributed by atoms with Crippen LogP contribution in [0.25, 0.3) is 0 Å². The Morgan fingerprint density at radius 1 is 1.42 bits per heavy atom. The van der Waals surface area contributed by atoms with Crippen molar-refractivity contribution in [2.75, 3.05) is 20.1 Å². The van der Waals surface area contributed by atoms with Gasteiger partial charge in [-0.25, -0.2) is 4.39 Å². The van der Waals surface area contributed by atoms with Crippen molar-refractivity contribution in [1.29, 1.82) is 5.26 Å². The molecule has 0 radical (unpaired) electrons. The number of nitriles is 1. The molecule has 0 saturated carbocycles. The Labute approximate surface area is 115 Å². The molecule has 1 N–H and O–H groups in total. The molecule has 0 aliphatic carbocycles. The molecule has 0 spiro atoms. The zero-order valence-electron chi connectivity index (χ0n) is 11.9. The zero-order chi connectivity index (χ0) is 14.3. The Morgan fingerprint density at radius 2 is 2.16 bits per heavy atom. The number of halogens is 1. The van der Waals surface area contributed by atoms with Crippen molar-refractivity contribution in [1.82, 2.24) is 10.2 Å². The molecule has 0 atom stereocenters. The van der Waals surface area contributed by atoms with Gasteiger partial charge in [0, 0.05) is 12.6 Å². The Hall–Kier alpha value is -1.44. The minimum Gasteiger partial charge on any atom is -0.313 e. The van der Waals surface area contributed by atoms with E-state index in [4.69, 9.17) is 5.26 Å². The van der Waals surface area contributed by atoms with Crippen LogP contribution >= 0.6 is 0 Å². The highest BCUT2D eigenvalue weighted by molar-refractivity contribution is 5.34. The van der Waals surface area contributed by atoms with Gasteiger partial charge in [-0.3, -0.25) is 0 Å². The Balaban J connectivity index is 2.29. The molecule has 19 heavy (non-hydrogen) atoms. The Bertz CT molecular complexity index is 438. The van der Waals surface area contributed by atoms with Gasteiger partial charge in [0.1, 0.15) is 11.9 Å². The minimum atomic E-state index is -0.454. The van der Waals surface area contributed by atoms with Crippen molar-refractivity contribution in [3.8, 4) is 6.07 Å². The SMILES string of the molecule is CC(C)N(C)CCCNCc1ccc(F)c(C#N)c1. The highest BCUT2D eigenvalue weighted by Crippen LogP contribution is 2.09. The predicted molar refractivity (Wildman–Crippen MR) is 75.2 cm³/mol. The highest BCUT2D eigenvalue weighted by atomic mass is 19.1. The summed E-state index contributed by atoms with van der Waals surface area (Å²) in [5.41, 5.74) is 1.05. The Kier molecular flexibility index (Phi) is 6.48. The van der Waals surface area contributed by atoms with Crippen LogP contribution in [-0.4, -0.2) is 31.1 Å². The van der Waals surface area contributed by atoms with E-state index in [-0.39, 0.29) is 5.56 Å². The summed E-state index contributed by atoms with van der Waals surface area (Å²) in [5.74, 6) is -0.454. The second-order valence-electron chi connectivity index (χ2n) is 5.03. The van der Waals surface area contributed by atoms with Crippen molar-refractivity contribution in [2.24, 2.45) is 0 Å². The summed E-state index contributed by atoms with van der Waals surface area (Å²) in [4.78, 5) is 2.30. The number of nitrogens with zero attached hydrogens (tertiary/aromatic N) is 2. The molecule has 0 saturated heterocycles. The molecule has 0 amide bonds. The summed E-state index contributed by atoms with van der Waals surface area (Å²) >= 11 is 0. The van der Waals surface area contributed by atoms with Crippen molar-refractivity contribution >= 4 is 0 Å². The van der Waals surface area contributed by atoms with Crippen molar-refractivity contribution < 1.29 is 4.39 Å². The lowest BCUT2D eigenvalue weighted by Gasteiger charge is -2.20. The van der Waals surface area contributed by atoms with E-state index >= 15 is 0 Å². The molecular formula is C15H22FN3. The monoisotopic (exact) mass is 263 g/mol. The van der Waals surface area contributed by atoms with Crippen molar-refractivity contribution in [3.05, 3.63) is 35.1 Å². The van der Waals surface area contributed by atoms with E-state index in [0.717, 1.165) is 25.1 Å². The van der Waals surface area contributed by atoms with E-state index < -0.39 is 5.82 Å². The van der Waals surface area contributed by atoms with E-state index in [1.54, 1.807) is 12.1 Å². The first-order chi connectivity index (χ1) is 9.04. The third-order valence-corrected chi connectivity index (χ3v) is 3.23. The maximum atomic E-state index is 13.1. The van der Waals surface area contributed by atoms with Gasteiger partial charge >= 0.3 is 0 Å². The van der Waals surface area contributed by atoms with Crippen LogP contribution < -0.4 is 5.32 Å². The quantitative estimate of drug-likeness (QED) is 0.768. The van der Waals surface area contributed by atoms with E-state index in [1.165, 1.54) is 6.07 Å². The maximum absolute atomic E-state index is 13.1. The largest absolute Gasteiger partial charge is 0.313 e. The molecule has 0 fully saturated rings. The zero-order valence-corrected chi connectivity index (χ0v) is 11.9. The van der Waals surface area contributed by atoms with Crippen LogP contribution in [0.3, 0.4) is 0 Å². The van der Waals surface area contributed by atoms with Crippen LogP contribution in [0.15, 0.2) is 18.2 Å². The van der Waals surface area contributed by atoms with Gasteiger partial charge in [0.15, 0.2) is 0 Å². The van der Waals surface area contributed by atoms with Gasteiger partial charge in [0.05, 0.1) is 5.56 Å². The van der Waals surface area contributed by atoms with Crippen LogP contribution in [0.1, 0.15) is 31.4 Å². The predicted octanol–water partition coefficient (Wildman–Crippen LogP) is 2.52. The third kappa shape index (κ3) is 5.37. The second-order valence-corrected chi connectivity index (χ2v) is 5.03. The topological polar surface area (TPSA) is 39.1 Å². The van der Waals surface area contributed by atoms with Crippen LogP contribution in [-0.2, 0) is 6.54 Å². The first-order valence-electron chi connectivity index (χ1n) is 6.64. The van der Waals surface area contributed by atoms with Crippen LogP contribution in [0.5, 0.6) is 0 Å². The molecule has 4 heteroatoms. The van der Waals surface area contributed by atoms with Gasteiger partial charge in [-0.15, -0.1) is 0 Å². The molecule has 0 bridgehead atoms. The van der Waals surface area contributed by atoms with E-state index in [0.29, 0.717) is 12.6 Å². The third-order valence-electron chi connectivity index (χ3n) is 3.23. The lowest BCUT2D eigenvalue weighted by molar-refractivity contribution is 0.269. The van der Waals surface area contributed by atoms with Crippen molar-refractivity contribution in [2.45, 2.75) is 32.9 Å². The van der Waals surface area contributed by atoms with Gasteiger partial charge in [0.2, 0.25) is 0 Å². The second kappa shape index (κ2) is 7.88. The van der Waals surface area contributed by atoms with Crippen molar-refractivity contribution in [3.63, 3.8) is 0 Å². The number of rotatable bonds is 7. The average Bonchev–Trinajstić information content (AvgIpc) is 2.39. The number of hydrogen-bond acceptors (Lipinski definition) is 3. The van der Waals surface area contributed by atoms with Gasteiger partial charge < -0.3 is 10.2 Å². The molecular weight excluding hydrogens is 241 g/mol. The highest BCUT2D eigenvalue weighted by Gasteiger charge is 2.03. The first kappa shape index (κ1) is 15.6. The summed E-state index contributed by atoms with van der Waals surface area (Å²) in [6, 6.07) is 7.08. The summed E-state index contributed by atoms with van der Waals surface area (Å²) in [6.07, 6.45) is 1.07. The molecule has 1 aromatic rings. The number of nitrogens with one attached hydrogen (secondary N) is 1. The maximum Gasteiger partial charge on any atom is 0.140 e. The molecule has 3 nitrogen and oxygen atoms in total. The molecule has 0 aliphatic rings. The van der Waals surface area contributed by atoms with E-state index in [9.17, 15) is 4.39 Å². The average molecular weight is 263 g/mol. The fourth-order valence-electron chi connectivity index (χ4n) is 1.71. The fourth-order valence-corrected chi connectivity index (χ4v) is 1.71. The van der Waals surface area contributed by atoms with Crippen LogP contribution in [0.2, 0.25) is 0 Å². The molecule has 104 valence electrons. The van der Waals surface area contributed by atoms with E-state index in [2.05, 4.69) is 31.1 Å². The smallest absolute Gasteiger partial charge is 0.140 e. The standard InChI is InChI=1S/C15H22FN3/c1-12(2)19(3)8-4-7-18-11-13-5-6-15(16)14(9-13)10-17/h5-6,9,12,18H,4,7-8,11H2,1-3H3. The normalized spacial score (nSPS) is 11.0. The van der Waals surface area contributed by atoms with Gasteiger partial charge in [-0.2, -0.15) is 5.26 Å². The molecule has 0 heterocycles.